The SMILES string of the molecule is C=C/C=C\C(=C)c1cc(-c2ccc(N(C(/C=C\C=C)=C\c3ccc4oc5c6ccccc6ccc5c4c3)c3cccc4c3C(C)(C)c3ccccc3-4)cc2)ccc1-c1ccccc1. The molecule has 0 atom stereocenters. The number of furan rings is 1. The van der Waals surface area contributed by atoms with Gasteiger partial charge >= 0.3 is 0 Å². The van der Waals surface area contributed by atoms with Gasteiger partial charge in [-0.25, -0.2) is 0 Å². The number of hydrogen-bond donors (Lipinski definition) is 0. The minimum atomic E-state index is -0.245. The molecule has 8 aromatic carbocycles. The average molecular weight is 810 g/mol. The molecular formula is C61H47NO. The van der Waals surface area contributed by atoms with E-state index in [0.717, 1.165) is 83.4 Å². The van der Waals surface area contributed by atoms with Crippen molar-refractivity contribution in [1.82, 2.24) is 0 Å². The summed E-state index contributed by atoms with van der Waals surface area (Å²) >= 11 is 0. The van der Waals surface area contributed by atoms with Crippen molar-refractivity contribution < 1.29 is 4.42 Å². The molecule has 2 nitrogen and oxygen atoms in total. The first-order chi connectivity index (χ1) is 30.8. The second kappa shape index (κ2) is 16.2. The molecule has 0 saturated carbocycles. The van der Waals surface area contributed by atoms with Gasteiger partial charge in [0.15, 0.2) is 0 Å². The molecule has 0 bridgehead atoms. The van der Waals surface area contributed by atoms with Crippen LogP contribution in [0.3, 0.4) is 0 Å². The molecule has 0 amide bonds. The molecule has 0 N–H and O–H groups in total. The quantitative estimate of drug-likeness (QED) is 0.121. The fourth-order valence-electron chi connectivity index (χ4n) is 9.50. The predicted octanol–water partition coefficient (Wildman–Crippen LogP) is 17.1. The first-order valence-electron chi connectivity index (χ1n) is 21.5. The van der Waals surface area contributed by atoms with Gasteiger partial charge in [0.05, 0.1) is 5.69 Å². The fourth-order valence-corrected chi connectivity index (χ4v) is 9.50. The summed E-state index contributed by atoms with van der Waals surface area (Å²) in [6, 6.07) is 61.0. The predicted molar refractivity (Wildman–Crippen MR) is 270 cm³/mol. The molecule has 0 saturated heterocycles. The lowest BCUT2D eigenvalue weighted by Gasteiger charge is -2.33. The summed E-state index contributed by atoms with van der Waals surface area (Å²) in [5.41, 5.74) is 17.5. The van der Waals surface area contributed by atoms with E-state index in [4.69, 9.17) is 4.42 Å². The molecule has 10 rings (SSSR count). The van der Waals surface area contributed by atoms with Crippen LogP contribution in [0.1, 0.15) is 36.1 Å². The Labute approximate surface area is 370 Å². The molecular weight excluding hydrogens is 763 g/mol. The largest absolute Gasteiger partial charge is 0.455 e. The van der Waals surface area contributed by atoms with Crippen molar-refractivity contribution in [2.45, 2.75) is 19.3 Å². The highest BCUT2D eigenvalue weighted by Gasteiger charge is 2.38. The third-order valence-corrected chi connectivity index (χ3v) is 12.5. The summed E-state index contributed by atoms with van der Waals surface area (Å²) in [4.78, 5) is 2.41. The highest BCUT2D eigenvalue weighted by atomic mass is 16.3. The van der Waals surface area contributed by atoms with Crippen LogP contribution in [-0.2, 0) is 5.41 Å². The Balaban J connectivity index is 1.14. The molecule has 0 aliphatic heterocycles. The zero-order valence-electron chi connectivity index (χ0n) is 35.7. The van der Waals surface area contributed by atoms with E-state index in [1.54, 1.807) is 6.08 Å². The number of fused-ring (bicyclic) bond motifs is 8. The normalized spacial score (nSPS) is 13.2. The molecule has 1 aliphatic carbocycles. The molecule has 0 unspecified atom stereocenters. The van der Waals surface area contributed by atoms with E-state index in [1.807, 2.05) is 30.4 Å². The Morgan fingerprint density at radius 2 is 1.30 bits per heavy atom. The molecule has 0 radical (unpaired) electrons. The van der Waals surface area contributed by atoms with Gasteiger partial charge in [0.25, 0.3) is 0 Å². The molecule has 0 spiro atoms. The van der Waals surface area contributed by atoms with Gasteiger partial charge in [-0.15, -0.1) is 0 Å². The van der Waals surface area contributed by atoms with Gasteiger partial charge in [-0.3, -0.25) is 0 Å². The van der Waals surface area contributed by atoms with E-state index in [2.05, 4.69) is 214 Å². The highest BCUT2D eigenvalue weighted by Crippen LogP contribution is 2.54. The third kappa shape index (κ3) is 6.96. The van der Waals surface area contributed by atoms with Gasteiger partial charge in [-0.2, -0.15) is 0 Å². The van der Waals surface area contributed by atoms with Crippen LogP contribution >= 0.6 is 0 Å². The molecule has 302 valence electrons. The maximum atomic E-state index is 6.52. The lowest BCUT2D eigenvalue weighted by atomic mass is 9.81. The van der Waals surface area contributed by atoms with Crippen LogP contribution in [-0.4, -0.2) is 0 Å². The zero-order valence-corrected chi connectivity index (χ0v) is 35.7. The number of rotatable bonds is 11. The summed E-state index contributed by atoms with van der Waals surface area (Å²) in [5, 5.41) is 4.48. The Hall–Kier alpha value is -7.94. The van der Waals surface area contributed by atoms with Crippen LogP contribution in [0.15, 0.2) is 236 Å². The lowest BCUT2D eigenvalue weighted by molar-refractivity contribution is 0.660. The van der Waals surface area contributed by atoms with Crippen LogP contribution in [0.25, 0.3) is 77.7 Å². The summed E-state index contributed by atoms with van der Waals surface area (Å²) in [6.45, 7) is 17.1. The van der Waals surface area contributed by atoms with Crippen molar-refractivity contribution in [1.29, 1.82) is 0 Å². The van der Waals surface area contributed by atoms with Crippen LogP contribution in [0.2, 0.25) is 0 Å². The van der Waals surface area contributed by atoms with Crippen molar-refractivity contribution in [2.24, 2.45) is 0 Å². The Morgan fingerprint density at radius 3 is 2.13 bits per heavy atom. The van der Waals surface area contributed by atoms with Crippen molar-refractivity contribution in [3.05, 3.63) is 254 Å². The van der Waals surface area contributed by atoms with Crippen molar-refractivity contribution >= 4 is 55.7 Å². The summed E-state index contributed by atoms with van der Waals surface area (Å²) in [5.74, 6) is 0. The van der Waals surface area contributed by atoms with Crippen LogP contribution in [0.5, 0.6) is 0 Å². The van der Waals surface area contributed by atoms with Gasteiger partial charge in [-0.1, -0.05) is 191 Å². The molecule has 0 fully saturated rings. The standard InChI is InChI=1S/C61H47NO/c1-6-8-18-41(3)54-40-46(32-35-49(54)44-19-11-10-12-20-44)43-29-33-47(34-30-43)62(57-27-17-25-52-51-24-15-16-26-56(51)61(4,5)59(52)57)48(22-9-7-2)38-42-28-37-58-55(39-42)53-36-31-45-21-13-14-23-50(45)60(53)63-58/h6-40H,1-3H2,4-5H3/b18-8-,22-9-,48-38-. The fraction of sp³-hybridized carbons (Fsp3) is 0.0492. The minimum Gasteiger partial charge on any atom is -0.455 e. The number of nitrogens with zero attached hydrogens (tertiary/aromatic N) is 1. The molecule has 2 heteroatoms. The maximum Gasteiger partial charge on any atom is 0.143 e. The van der Waals surface area contributed by atoms with Gasteiger partial charge in [-0.05, 0) is 121 Å². The van der Waals surface area contributed by atoms with Gasteiger partial charge in [0, 0.05) is 33.0 Å². The van der Waals surface area contributed by atoms with E-state index in [-0.39, 0.29) is 5.41 Å². The number of allylic oxidation sites excluding steroid dienone is 7. The van der Waals surface area contributed by atoms with Crippen LogP contribution in [0, 0.1) is 0 Å². The lowest BCUT2D eigenvalue weighted by Crippen LogP contribution is -2.22. The summed E-state index contributed by atoms with van der Waals surface area (Å²) in [6.07, 6.45) is 14.1. The third-order valence-electron chi connectivity index (χ3n) is 12.5. The molecule has 1 aliphatic rings. The smallest absolute Gasteiger partial charge is 0.143 e. The maximum absolute atomic E-state index is 6.52. The molecule has 63 heavy (non-hydrogen) atoms. The second-order valence-electron chi connectivity index (χ2n) is 16.7. The van der Waals surface area contributed by atoms with E-state index < -0.39 is 0 Å². The minimum absolute atomic E-state index is 0.245. The zero-order chi connectivity index (χ0) is 43.1. The Bertz CT molecular complexity index is 3350. The Morgan fingerprint density at radius 1 is 0.571 bits per heavy atom. The topological polar surface area (TPSA) is 16.4 Å². The van der Waals surface area contributed by atoms with Crippen molar-refractivity contribution in [3.8, 4) is 33.4 Å². The monoisotopic (exact) mass is 809 g/mol. The summed E-state index contributed by atoms with van der Waals surface area (Å²) < 4.78 is 6.52. The Kier molecular flexibility index (Phi) is 10.1. The van der Waals surface area contributed by atoms with Crippen molar-refractivity contribution in [3.63, 3.8) is 0 Å². The van der Waals surface area contributed by atoms with Crippen LogP contribution in [0.4, 0.5) is 11.4 Å². The first kappa shape index (κ1) is 39.2. The van der Waals surface area contributed by atoms with Crippen molar-refractivity contribution in [2.75, 3.05) is 4.90 Å². The van der Waals surface area contributed by atoms with Crippen LogP contribution < -0.4 is 4.90 Å². The van der Waals surface area contributed by atoms with Gasteiger partial charge in [0.2, 0.25) is 0 Å². The second-order valence-corrected chi connectivity index (χ2v) is 16.7. The number of benzene rings is 8. The summed E-state index contributed by atoms with van der Waals surface area (Å²) in [7, 11) is 0. The first-order valence-corrected chi connectivity index (χ1v) is 21.5. The van der Waals surface area contributed by atoms with E-state index in [0.29, 0.717) is 0 Å². The highest BCUT2D eigenvalue weighted by molar-refractivity contribution is 6.15. The molecule has 1 heterocycles. The molecule has 9 aromatic rings. The number of anilines is 2. The van der Waals surface area contributed by atoms with Gasteiger partial charge < -0.3 is 9.32 Å². The van der Waals surface area contributed by atoms with E-state index in [9.17, 15) is 0 Å². The van der Waals surface area contributed by atoms with E-state index in [1.165, 1.54) is 27.6 Å². The number of hydrogen-bond acceptors (Lipinski definition) is 2. The van der Waals surface area contributed by atoms with Gasteiger partial charge in [0.1, 0.15) is 11.2 Å². The molecule has 1 aromatic heterocycles. The average Bonchev–Trinajstić information content (AvgIpc) is 3.82. The van der Waals surface area contributed by atoms with E-state index >= 15 is 0 Å².